The highest BCUT2D eigenvalue weighted by Gasteiger charge is 2.21. The minimum Gasteiger partial charge on any atom is -0.382 e. The Morgan fingerprint density at radius 3 is 2.83 bits per heavy atom. The highest BCUT2D eigenvalue weighted by molar-refractivity contribution is 5.92. The maximum Gasteiger partial charge on any atom is 0.153 e. The molecule has 1 fully saturated rings. The smallest absolute Gasteiger partial charge is 0.153 e. The van der Waals surface area contributed by atoms with Crippen molar-refractivity contribution in [3.05, 3.63) is 29.7 Å². The molecule has 0 saturated carbocycles. The molecule has 1 atom stereocenters. The Bertz CT molecular complexity index is 839. The van der Waals surface area contributed by atoms with Gasteiger partial charge in [-0.2, -0.15) is 5.10 Å². The van der Waals surface area contributed by atoms with Crippen molar-refractivity contribution in [3.8, 4) is 11.1 Å². The number of aryl methyl sites for hydroxylation is 2. The zero-order valence-electron chi connectivity index (χ0n) is 13.4. The van der Waals surface area contributed by atoms with Crippen LogP contribution in [0.4, 0.5) is 5.82 Å². The first kappa shape index (κ1) is 14.3. The van der Waals surface area contributed by atoms with E-state index in [1.54, 1.807) is 0 Å². The van der Waals surface area contributed by atoms with E-state index in [0.29, 0.717) is 5.82 Å². The summed E-state index contributed by atoms with van der Waals surface area (Å²) >= 11 is 0. The van der Waals surface area contributed by atoms with E-state index >= 15 is 0 Å². The van der Waals surface area contributed by atoms with Crippen LogP contribution < -0.4 is 5.73 Å². The second kappa shape index (κ2) is 5.38. The van der Waals surface area contributed by atoms with Crippen LogP contribution in [0.15, 0.2) is 22.7 Å². The van der Waals surface area contributed by atoms with Gasteiger partial charge in [0.1, 0.15) is 5.76 Å². The van der Waals surface area contributed by atoms with Crippen molar-refractivity contribution in [2.75, 3.05) is 12.3 Å². The third-order valence-electron chi connectivity index (χ3n) is 4.49. The average molecular weight is 312 g/mol. The number of nitrogens with zero attached hydrogens (tertiary/aromatic N) is 3. The molecule has 1 aliphatic rings. The standard InChI is InChI=1S/C17H20N4O2/c1-10-16(11(2)23-20-10)12-6-7-13-14(9-12)21(19-17(13)18)15-5-3-4-8-22-15/h6-7,9,15H,3-5,8H2,1-2H3,(H2,18,19). The van der Waals surface area contributed by atoms with Gasteiger partial charge in [0.15, 0.2) is 12.0 Å². The zero-order chi connectivity index (χ0) is 16.0. The molecule has 6 nitrogen and oxygen atoms in total. The molecule has 4 rings (SSSR count). The predicted octanol–water partition coefficient (Wildman–Crippen LogP) is 3.59. The molecule has 0 bridgehead atoms. The van der Waals surface area contributed by atoms with Gasteiger partial charge in [-0.25, -0.2) is 4.68 Å². The second-order valence-electron chi connectivity index (χ2n) is 6.08. The molecular formula is C17H20N4O2. The van der Waals surface area contributed by atoms with Crippen LogP contribution in [-0.4, -0.2) is 21.5 Å². The fourth-order valence-corrected chi connectivity index (χ4v) is 3.35. The van der Waals surface area contributed by atoms with Gasteiger partial charge >= 0.3 is 0 Å². The van der Waals surface area contributed by atoms with E-state index in [-0.39, 0.29) is 6.23 Å². The molecule has 23 heavy (non-hydrogen) atoms. The summed E-state index contributed by atoms with van der Waals surface area (Å²) in [7, 11) is 0. The van der Waals surface area contributed by atoms with Crippen molar-refractivity contribution in [1.82, 2.24) is 14.9 Å². The Morgan fingerprint density at radius 1 is 1.26 bits per heavy atom. The number of hydrogen-bond acceptors (Lipinski definition) is 5. The number of nitrogens with two attached hydrogens (primary N) is 1. The van der Waals surface area contributed by atoms with Crippen LogP contribution in [0.25, 0.3) is 22.0 Å². The van der Waals surface area contributed by atoms with E-state index in [2.05, 4.69) is 16.3 Å². The van der Waals surface area contributed by atoms with E-state index in [1.165, 1.54) is 0 Å². The third-order valence-corrected chi connectivity index (χ3v) is 4.49. The Hall–Kier alpha value is -2.34. The normalized spacial score (nSPS) is 18.6. The van der Waals surface area contributed by atoms with Crippen molar-refractivity contribution in [1.29, 1.82) is 0 Å². The van der Waals surface area contributed by atoms with Crippen LogP contribution in [0.1, 0.15) is 36.9 Å². The fourth-order valence-electron chi connectivity index (χ4n) is 3.35. The first-order valence-electron chi connectivity index (χ1n) is 7.98. The molecule has 2 N–H and O–H groups in total. The van der Waals surface area contributed by atoms with Gasteiger partial charge in [-0.05, 0) is 50.8 Å². The summed E-state index contributed by atoms with van der Waals surface area (Å²) in [6.07, 6.45) is 3.18. The highest BCUT2D eigenvalue weighted by Crippen LogP contribution is 2.34. The van der Waals surface area contributed by atoms with Crippen molar-refractivity contribution in [2.45, 2.75) is 39.3 Å². The Labute approximate surface area is 134 Å². The molecule has 3 aromatic rings. The topological polar surface area (TPSA) is 79.1 Å². The van der Waals surface area contributed by atoms with E-state index in [0.717, 1.165) is 59.4 Å². The lowest BCUT2D eigenvalue weighted by molar-refractivity contribution is -0.0364. The molecular weight excluding hydrogens is 292 g/mol. The van der Waals surface area contributed by atoms with Gasteiger partial charge in [-0.15, -0.1) is 0 Å². The van der Waals surface area contributed by atoms with Gasteiger partial charge in [0, 0.05) is 17.6 Å². The van der Waals surface area contributed by atoms with Gasteiger partial charge in [0.25, 0.3) is 0 Å². The largest absolute Gasteiger partial charge is 0.382 e. The number of anilines is 1. The molecule has 1 aliphatic heterocycles. The Kier molecular flexibility index (Phi) is 3.34. The minimum atomic E-state index is -0.0385. The van der Waals surface area contributed by atoms with Crippen LogP contribution in [0.2, 0.25) is 0 Å². The number of fused-ring (bicyclic) bond motifs is 1. The minimum absolute atomic E-state index is 0.0385. The van der Waals surface area contributed by atoms with E-state index in [1.807, 2.05) is 30.7 Å². The van der Waals surface area contributed by atoms with Gasteiger partial charge < -0.3 is 15.0 Å². The monoisotopic (exact) mass is 312 g/mol. The summed E-state index contributed by atoms with van der Waals surface area (Å²) in [5.74, 6) is 1.36. The molecule has 120 valence electrons. The molecule has 1 saturated heterocycles. The van der Waals surface area contributed by atoms with Gasteiger partial charge in [-0.1, -0.05) is 11.2 Å². The molecule has 0 radical (unpaired) electrons. The van der Waals surface area contributed by atoms with Gasteiger partial charge in [0.2, 0.25) is 0 Å². The van der Waals surface area contributed by atoms with Crippen molar-refractivity contribution in [3.63, 3.8) is 0 Å². The van der Waals surface area contributed by atoms with Gasteiger partial charge in [0.05, 0.1) is 11.2 Å². The lowest BCUT2D eigenvalue weighted by atomic mass is 10.0. The highest BCUT2D eigenvalue weighted by atomic mass is 16.5. The molecule has 0 spiro atoms. The van der Waals surface area contributed by atoms with Crippen molar-refractivity contribution < 1.29 is 9.26 Å². The second-order valence-corrected chi connectivity index (χ2v) is 6.08. The van der Waals surface area contributed by atoms with Crippen LogP contribution >= 0.6 is 0 Å². The quantitative estimate of drug-likeness (QED) is 0.782. The molecule has 2 aromatic heterocycles. The summed E-state index contributed by atoms with van der Waals surface area (Å²) in [6.45, 7) is 4.65. The molecule has 0 amide bonds. The first-order valence-corrected chi connectivity index (χ1v) is 7.98. The number of rotatable bonds is 2. The zero-order valence-corrected chi connectivity index (χ0v) is 13.4. The summed E-state index contributed by atoms with van der Waals surface area (Å²) in [5, 5.41) is 9.51. The Balaban J connectivity index is 1.87. The molecule has 3 heterocycles. The maximum atomic E-state index is 6.09. The average Bonchev–Trinajstić information content (AvgIpc) is 3.08. The van der Waals surface area contributed by atoms with E-state index in [9.17, 15) is 0 Å². The van der Waals surface area contributed by atoms with Crippen LogP contribution in [0.5, 0.6) is 0 Å². The fraction of sp³-hybridized carbons (Fsp3) is 0.412. The Morgan fingerprint density at radius 2 is 2.13 bits per heavy atom. The SMILES string of the molecule is Cc1noc(C)c1-c1ccc2c(N)nn(C3CCCCO3)c2c1. The summed E-state index contributed by atoms with van der Waals surface area (Å²) in [5.41, 5.74) is 10.1. The molecule has 6 heteroatoms. The van der Waals surface area contributed by atoms with E-state index in [4.69, 9.17) is 15.0 Å². The first-order chi connectivity index (χ1) is 11.1. The number of hydrogen-bond donors (Lipinski definition) is 1. The van der Waals surface area contributed by atoms with Gasteiger partial charge in [-0.3, -0.25) is 0 Å². The van der Waals surface area contributed by atoms with Crippen LogP contribution in [0, 0.1) is 13.8 Å². The van der Waals surface area contributed by atoms with Crippen molar-refractivity contribution >= 4 is 16.7 Å². The van der Waals surface area contributed by atoms with E-state index < -0.39 is 0 Å². The molecule has 1 unspecified atom stereocenters. The number of nitrogen functional groups attached to an aromatic ring is 1. The molecule has 1 aromatic carbocycles. The van der Waals surface area contributed by atoms with Crippen LogP contribution in [-0.2, 0) is 4.74 Å². The number of aromatic nitrogens is 3. The summed E-state index contributed by atoms with van der Waals surface area (Å²) in [4.78, 5) is 0. The predicted molar refractivity (Wildman–Crippen MR) is 88.0 cm³/mol. The summed E-state index contributed by atoms with van der Waals surface area (Å²) in [6, 6.07) is 6.15. The number of ether oxygens (including phenoxy) is 1. The third kappa shape index (κ3) is 2.30. The molecule has 0 aliphatic carbocycles. The lowest BCUT2D eigenvalue weighted by Gasteiger charge is -2.23. The summed E-state index contributed by atoms with van der Waals surface area (Å²) < 4.78 is 13.1. The maximum absolute atomic E-state index is 6.09. The van der Waals surface area contributed by atoms with Crippen LogP contribution in [0.3, 0.4) is 0 Å². The number of benzene rings is 1. The lowest BCUT2D eigenvalue weighted by Crippen LogP contribution is -2.19. The van der Waals surface area contributed by atoms with Crippen molar-refractivity contribution in [2.24, 2.45) is 0 Å².